The Bertz CT molecular complexity index is 871. The first-order chi connectivity index (χ1) is 9.59. The molecular weight excluding hydrogens is 356 g/mol. The van der Waals surface area contributed by atoms with E-state index in [-0.39, 0.29) is 19.9 Å². The summed E-state index contributed by atoms with van der Waals surface area (Å²) in [4.78, 5) is 3.94. The number of sulfonamides is 1. The van der Waals surface area contributed by atoms with Crippen molar-refractivity contribution < 1.29 is 16.8 Å². The Hall–Kier alpha value is -1.16. The van der Waals surface area contributed by atoms with Gasteiger partial charge in [0.1, 0.15) is 0 Å². The van der Waals surface area contributed by atoms with E-state index in [1.165, 1.54) is 19.1 Å². The van der Waals surface area contributed by atoms with Crippen LogP contribution in [-0.2, 0) is 19.1 Å². The predicted molar refractivity (Wildman–Crippen MR) is 81.9 cm³/mol. The van der Waals surface area contributed by atoms with E-state index in [1.807, 2.05) is 6.92 Å². The number of aryl methyl sites for hydroxylation is 2. The minimum Gasteiger partial charge on any atom is -0.255 e. The van der Waals surface area contributed by atoms with Crippen molar-refractivity contribution in [2.24, 2.45) is 0 Å². The highest BCUT2D eigenvalue weighted by Gasteiger charge is 2.22. The van der Waals surface area contributed by atoms with Crippen molar-refractivity contribution in [2.75, 3.05) is 4.72 Å². The first kappa shape index (κ1) is 16.2. The molecule has 21 heavy (non-hydrogen) atoms. The lowest BCUT2D eigenvalue weighted by Gasteiger charge is -2.05. The van der Waals surface area contributed by atoms with E-state index in [0.717, 1.165) is 5.56 Å². The molecule has 0 radical (unpaired) electrons. The molecule has 1 aromatic carbocycles. The van der Waals surface area contributed by atoms with Crippen LogP contribution in [-0.4, -0.2) is 21.8 Å². The quantitative estimate of drug-likeness (QED) is 0.839. The summed E-state index contributed by atoms with van der Waals surface area (Å²) in [5, 5.41) is -0.0488. The lowest BCUT2D eigenvalue weighted by molar-refractivity contribution is 0.601. The topological polar surface area (TPSA) is 93.2 Å². The fourth-order valence-electron chi connectivity index (χ4n) is 1.54. The highest BCUT2D eigenvalue weighted by Crippen LogP contribution is 2.30. The van der Waals surface area contributed by atoms with Crippen molar-refractivity contribution >= 4 is 46.2 Å². The number of thiazole rings is 1. The third-order valence-electron chi connectivity index (χ3n) is 2.53. The molecular formula is C11H11ClN2O4S3. The first-order valence-electron chi connectivity index (χ1n) is 5.61. The van der Waals surface area contributed by atoms with Gasteiger partial charge >= 0.3 is 0 Å². The molecule has 0 atom stereocenters. The van der Waals surface area contributed by atoms with Gasteiger partial charge < -0.3 is 0 Å². The van der Waals surface area contributed by atoms with Crippen LogP contribution in [0.2, 0.25) is 0 Å². The zero-order valence-electron chi connectivity index (χ0n) is 11.0. The molecule has 0 spiro atoms. The van der Waals surface area contributed by atoms with Crippen molar-refractivity contribution in [3.8, 4) is 0 Å². The van der Waals surface area contributed by atoms with Gasteiger partial charge in [0.15, 0.2) is 9.34 Å². The summed E-state index contributed by atoms with van der Waals surface area (Å²) in [6.07, 6.45) is 0. The number of rotatable bonds is 4. The lowest BCUT2D eigenvalue weighted by atomic mass is 10.2. The Kier molecular flexibility index (Phi) is 4.29. The third-order valence-corrected chi connectivity index (χ3v) is 7.26. The van der Waals surface area contributed by atoms with E-state index in [2.05, 4.69) is 9.71 Å². The molecule has 1 aromatic heterocycles. The van der Waals surface area contributed by atoms with Crippen LogP contribution in [0.5, 0.6) is 0 Å². The third kappa shape index (κ3) is 3.73. The lowest BCUT2D eigenvalue weighted by Crippen LogP contribution is -2.12. The van der Waals surface area contributed by atoms with Gasteiger partial charge in [-0.2, -0.15) is 0 Å². The number of hydrogen-bond donors (Lipinski definition) is 1. The van der Waals surface area contributed by atoms with Gasteiger partial charge in [-0.05, 0) is 26.0 Å². The molecule has 1 N–H and O–H groups in total. The number of nitrogens with zero attached hydrogens (tertiary/aromatic N) is 1. The van der Waals surface area contributed by atoms with Crippen LogP contribution >= 0.6 is 22.0 Å². The molecule has 0 unspecified atom stereocenters. The summed E-state index contributed by atoms with van der Waals surface area (Å²) in [5.74, 6) is 0. The molecule has 114 valence electrons. The molecule has 2 rings (SSSR count). The summed E-state index contributed by atoms with van der Waals surface area (Å²) in [6, 6.07) is 6.24. The molecule has 0 saturated heterocycles. The molecule has 0 bridgehead atoms. The van der Waals surface area contributed by atoms with Gasteiger partial charge in [-0.15, -0.1) is 0 Å². The standard InChI is InChI=1S/C11H11ClN2O4S3/c1-7-3-5-9(6-4-7)21(17,18)14-11-13-8(2)10(19-11)20(12,15)16/h3-6H,1-2H3,(H,13,14). The van der Waals surface area contributed by atoms with Crippen molar-refractivity contribution in [1.82, 2.24) is 4.98 Å². The molecule has 10 heteroatoms. The molecule has 2 aromatic rings. The Morgan fingerprint density at radius 2 is 1.67 bits per heavy atom. The van der Waals surface area contributed by atoms with E-state index >= 15 is 0 Å². The Labute approximate surface area is 131 Å². The molecule has 0 aliphatic heterocycles. The summed E-state index contributed by atoms with van der Waals surface area (Å²) in [7, 11) is -2.52. The van der Waals surface area contributed by atoms with Crippen LogP contribution in [0.4, 0.5) is 5.13 Å². The molecule has 0 aliphatic carbocycles. The molecule has 6 nitrogen and oxygen atoms in total. The molecule has 0 amide bonds. The second kappa shape index (κ2) is 5.56. The van der Waals surface area contributed by atoms with E-state index in [4.69, 9.17) is 10.7 Å². The number of hydrogen-bond acceptors (Lipinski definition) is 6. The monoisotopic (exact) mass is 366 g/mol. The van der Waals surface area contributed by atoms with Gasteiger partial charge in [0.05, 0.1) is 10.6 Å². The van der Waals surface area contributed by atoms with E-state index in [9.17, 15) is 16.8 Å². The highest BCUT2D eigenvalue weighted by atomic mass is 35.7. The average Bonchev–Trinajstić information content (AvgIpc) is 2.69. The van der Waals surface area contributed by atoms with Gasteiger partial charge in [0, 0.05) is 10.7 Å². The fraction of sp³-hybridized carbons (Fsp3) is 0.182. The van der Waals surface area contributed by atoms with Crippen molar-refractivity contribution in [3.05, 3.63) is 35.5 Å². The largest absolute Gasteiger partial charge is 0.272 e. The van der Waals surface area contributed by atoms with Crippen molar-refractivity contribution in [1.29, 1.82) is 0 Å². The van der Waals surface area contributed by atoms with Gasteiger partial charge in [-0.3, -0.25) is 4.72 Å². The first-order valence-corrected chi connectivity index (χ1v) is 10.2. The van der Waals surface area contributed by atoms with Crippen LogP contribution in [0.15, 0.2) is 33.4 Å². The van der Waals surface area contributed by atoms with Crippen molar-refractivity contribution in [2.45, 2.75) is 23.0 Å². The Morgan fingerprint density at radius 1 is 1.10 bits per heavy atom. The number of benzene rings is 1. The van der Waals surface area contributed by atoms with Gasteiger partial charge in [-0.25, -0.2) is 21.8 Å². The summed E-state index contributed by atoms with van der Waals surface area (Å²) in [5.41, 5.74) is 1.08. The van der Waals surface area contributed by atoms with Crippen LogP contribution in [0, 0.1) is 13.8 Å². The minimum absolute atomic E-state index is 0.0488. The zero-order chi connectivity index (χ0) is 15.8. The van der Waals surface area contributed by atoms with Crippen LogP contribution in [0.1, 0.15) is 11.3 Å². The van der Waals surface area contributed by atoms with Crippen LogP contribution < -0.4 is 4.72 Å². The maximum Gasteiger partial charge on any atom is 0.272 e. The number of nitrogens with one attached hydrogen (secondary N) is 1. The summed E-state index contributed by atoms with van der Waals surface area (Å²) >= 11 is 0.670. The highest BCUT2D eigenvalue weighted by molar-refractivity contribution is 8.15. The minimum atomic E-state index is -3.95. The van der Waals surface area contributed by atoms with Gasteiger partial charge in [-0.1, -0.05) is 29.0 Å². The maximum absolute atomic E-state index is 12.2. The van der Waals surface area contributed by atoms with Crippen molar-refractivity contribution in [3.63, 3.8) is 0 Å². The maximum atomic E-state index is 12.2. The van der Waals surface area contributed by atoms with Gasteiger partial charge in [0.25, 0.3) is 19.1 Å². The zero-order valence-corrected chi connectivity index (χ0v) is 14.2. The molecule has 0 saturated carbocycles. The van der Waals surface area contributed by atoms with Crippen LogP contribution in [0.3, 0.4) is 0 Å². The second-order valence-electron chi connectivity index (χ2n) is 4.25. The Morgan fingerprint density at radius 3 is 2.14 bits per heavy atom. The smallest absolute Gasteiger partial charge is 0.255 e. The fourth-order valence-corrected chi connectivity index (χ4v) is 5.13. The SMILES string of the molecule is Cc1ccc(S(=O)(=O)Nc2nc(C)c(S(=O)(=O)Cl)s2)cc1. The molecule has 0 aliphatic rings. The summed E-state index contributed by atoms with van der Waals surface area (Å²) in [6.45, 7) is 3.28. The summed E-state index contributed by atoms with van der Waals surface area (Å²) < 4.78 is 49.0. The number of aromatic nitrogens is 1. The van der Waals surface area contributed by atoms with E-state index < -0.39 is 19.1 Å². The average molecular weight is 367 g/mol. The normalized spacial score (nSPS) is 12.3. The second-order valence-corrected chi connectivity index (χ2v) is 9.69. The predicted octanol–water partition coefficient (Wildman–Crippen LogP) is 2.49. The van der Waals surface area contributed by atoms with Gasteiger partial charge in [0.2, 0.25) is 0 Å². The number of anilines is 1. The molecule has 1 heterocycles. The van der Waals surface area contributed by atoms with E-state index in [0.29, 0.717) is 11.3 Å². The Balaban J connectivity index is 2.36. The number of halogens is 1. The van der Waals surface area contributed by atoms with E-state index in [1.54, 1.807) is 12.1 Å². The van der Waals surface area contributed by atoms with Crippen LogP contribution in [0.25, 0.3) is 0 Å². The molecule has 0 fully saturated rings.